The Hall–Kier alpha value is -0.590. The zero-order chi connectivity index (χ0) is 13.9. The lowest BCUT2D eigenvalue weighted by Gasteiger charge is -2.21. The zero-order valence-corrected chi connectivity index (χ0v) is 12.6. The van der Waals surface area contributed by atoms with Gasteiger partial charge in [0.25, 0.3) is 0 Å². The van der Waals surface area contributed by atoms with Crippen molar-refractivity contribution in [2.75, 3.05) is 18.2 Å². The smallest absolute Gasteiger partial charge is 0.214 e. The lowest BCUT2D eigenvalue weighted by molar-refractivity contribution is 0.297. The summed E-state index contributed by atoms with van der Waals surface area (Å²) in [5, 5.41) is 3.84. The van der Waals surface area contributed by atoms with E-state index in [1.807, 2.05) is 13.0 Å². The summed E-state index contributed by atoms with van der Waals surface area (Å²) in [7, 11) is -3.23. The van der Waals surface area contributed by atoms with Crippen LogP contribution in [0.15, 0.2) is 10.6 Å². The fraction of sp³-hybridized carbons (Fsp3) is 0.750. The molecule has 1 fully saturated rings. The van der Waals surface area contributed by atoms with Gasteiger partial charge in [-0.05, 0) is 32.6 Å². The predicted molar refractivity (Wildman–Crippen MR) is 73.7 cm³/mol. The Kier molecular flexibility index (Phi) is 4.86. The lowest BCUT2D eigenvalue weighted by atomic mass is 10.2. The highest BCUT2D eigenvalue weighted by Gasteiger charge is 2.36. The van der Waals surface area contributed by atoms with Crippen molar-refractivity contribution in [2.45, 2.75) is 38.6 Å². The normalized spacial score (nSPS) is 21.1. The van der Waals surface area contributed by atoms with E-state index in [0.29, 0.717) is 24.6 Å². The van der Waals surface area contributed by atoms with Gasteiger partial charge in [0.2, 0.25) is 10.0 Å². The molecular weight excluding hydrogens is 288 g/mol. The van der Waals surface area contributed by atoms with Crippen molar-refractivity contribution in [1.82, 2.24) is 9.46 Å². The third kappa shape index (κ3) is 3.49. The Bertz CT molecular complexity index is 515. The first-order valence-electron chi connectivity index (χ1n) is 6.53. The number of unbranched alkanes of at least 4 members (excludes halogenated alkanes) is 1. The highest BCUT2D eigenvalue weighted by Crippen LogP contribution is 2.34. The maximum absolute atomic E-state index is 12.3. The van der Waals surface area contributed by atoms with E-state index >= 15 is 0 Å². The summed E-state index contributed by atoms with van der Waals surface area (Å²) in [6, 6.07) is 1.62. The molecule has 0 saturated carbocycles. The average molecular weight is 307 g/mol. The molecule has 1 saturated heterocycles. The standard InChI is InChI=1S/C12H19ClN2O3S/c1-10-9-12(18-14-10)11-5-4-7-15(11)19(16,17)8-3-2-6-13/h9,11H,2-8H2,1H3. The highest BCUT2D eigenvalue weighted by molar-refractivity contribution is 7.89. The maximum atomic E-state index is 12.3. The van der Waals surface area contributed by atoms with E-state index in [9.17, 15) is 8.42 Å². The van der Waals surface area contributed by atoms with E-state index in [1.165, 1.54) is 0 Å². The Labute approximate surface area is 118 Å². The monoisotopic (exact) mass is 306 g/mol. The number of hydrogen-bond acceptors (Lipinski definition) is 4. The number of alkyl halides is 1. The number of halogens is 1. The lowest BCUT2D eigenvalue weighted by Crippen LogP contribution is -2.32. The predicted octanol–water partition coefficient (Wildman–Crippen LogP) is 2.47. The number of aromatic nitrogens is 1. The summed E-state index contributed by atoms with van der Waals surface area (Å²) in [6.07, 6.45) is 2.98. The van der Waals surface area contributed by atoms with Crippen LogP contribution < -0.4 is 0 Å². The molecule has 0 aliphatic carbocycles. The largest absolute Gasteiger partial charge is 0.359 e. The number of sulfonamides is 1. The average Bonchev–Trinajstić information content (AvgIpc) is 2.97. The van der Waals surface area contributed by atoms with Crippen molar-refractivity contribution in [3.8, 4) is 0 Å². The Morgan fingerprint density at radius 3 is 2.95 bits per heavy atom. The molecule has 2 rings (SSSR count). The topological polar surface area (TPSA) is 63.4 Å². The first-order chi connectivity index (χ1) is 9.04. The summed E-state index contributed by atoms with van der Waals surface area (Å²) in [4.78, 5) is 0. The van der Waals surface area contributed by atoms with Gasteiger partial charge in [-0.3, -0.25) is 0 Å². The second-order valence-electron chi connectivity index (χ2n) is 4.85. The van der Waals surface area contributed by atoms with Gasteiger partial charge in [-0.25, -0.2) is 8.42 Å². The molecule has 1 aliphatic rings. The summed E-state index contributed by atoms with van der Waals surface area (Å²) in [5.41, 5.74) is 0.779. The molecule has 1 unspecified atom stereocenters. The zero-order valence-electron chi connectivity index (χ0n) is 11.0. The van der Waals surface area contributed by atoms with Gasteiger partial charge in [0, 0.05) is 18.5 Å². The van der Waals surface area contributed by atoms with Gasteiger partial charge in [0.1, 0.15) is 0 Å². The molecule has 108 valence electrons. The van der Waals surface area contributed by atoms with Crippen LogP contribution in [0.5, 0.6) is 0 Å². The summed E-state index contributed by atoms with van der Waals surface area (Å²) in [5.74, 6) is 1.31. The summed E-state index contributed by atoms with van der Waals surface area (Å²) < 4.78 is 31.4. The van der Waals surface area contributed by atoms with Crippen LogP contribution in [0.4, 0.5) is 0 Å². The van der Waals surface area contributed by atoms with Gasteiger partial charge in [-0.15, -0.1) is 11.6 Å². The van der Waals surface area contributed by atoms with Crippen molar-refractivity contribution in [3.05, 3.63) is 17.5 Å². The van der Waals surface area contributed by atoms with E-state index in [0.717, 1.165) is 25.0 Å². The molecule has 5 nitrogen and oxygen atoms in total. The molecule has 0 bridgehead atoms. The maximum Gasteiger partial charge on any atom is 0.214 e. The molecule has 2 heterocycles. The van der Waals surface area contributed by atoms with Crippen molar-refractivity contribution >= 4 is 21.6 Å². The molecule has 0 N–H and O–H groups in total. The highest BCUT2D eigenvalue weighted by atomic mass is 35.5. The van der Waals surface area contributed by atoms with Crippen molar-refractivity contribution in [3.63, 3.8) is 0 Å². The first kappa shape index (κ1) is 14.8. The van der Waals surface area contributed by atoms with Crippen LogP contribution in [0.3, 0.4) is 0 Å². The summed E-state index contributed by atoms with van der Waals surface area (Å²) in [6.45, 7) is 2.40. The Balaban J connectivity index is 2.10. The van der Waals surface area contributed by atoms with Crippen molar-refractivity contribution in [2.24, 2.45) is 0 Å². The minimum absolute atomic E-state index is 0.156. The van der Waals surface area contributed by atoms with Gasteiger partial charge in [-0.2, -0.15) is 4.31 Å². The van der Waals surface area contributed by atoms with Crippen LogP contribution in [0, 0.1) is 6.92 Å². The molecule has 0 radical (unpaired) electrons. The number of hydrogen-bond donors (Lipinski definition) is 0. The van der Waals surface area contributed by atoms with E-state index < -0.39 is 10.0 Å². The number of nitrogens with zero attached hydrogens (tertiary/aromatic N) is 2. The second kappa shape index (κ2) is 6.24. The van der Waals surface area contributed by atoms with Gasteiger partial charge >= 0.3 is 0 Å². The molecule has 1 aromatic heterocycles. The van der Waals surface area contributed by atoms with E-state index in [2.05, 4.69) is 5.16 Å². The minimum atomic E-state index is -3.23. The fourth-order valence-electron chi connectivity index (χ4n) is 2.39. The van der Waals surface area contributed by atoms with Crippen molar-refractivity contribution < 1.29 is 12.9 Å². The van der Waals surface area contributed by atoms with Gasteiger partial charge in [0.15, 0.2) is 5.76 Å². The van der Waals surface area contributed by atoms with Crippen molar-refractivity contribution in [1.29, 1.82) is 0 Å². The van der Waals surface area contributed by atoms with Gasteiger partial charge in [0.05, 0.1) is 17.5 Å². The van der Waals surface area contributed by atoms with Crippen LogP contribution in [0.1, 0.15) is 43.2 Å². The fourth-order valence-corrected chi connectivity index (χ4v) is 4.39. The van der Waals surface area contributed by atoms with Gasteiger partial charge < -0.3 is 4.52 Å². The van der Waals surface area contributed by atoms with E-state index in [4.69, 9.17) is 16.1 Å². The first-order valence-corrected chi connectivity index (χ1v) is 8.67. The Morgan fingerprint density at radius 1 is 1.53 bits per heavy atom. The third-order valence-electron chi connectivity index (χ3n) is 3.32. The molecule has 19 heavy (non-hydrogen) atoms. The van der Waals surface area contributed by atoms with Gasteiger partial charge in [-0.1, -0.05) is 5.16 Å². The number of rotatable bonds is 6. The molecular formula is C12H19ClN2O3S. The molecule has 1 aromatic rings. The van der Waals surface area contributed by atoms with Crippen LogP contribution in [-0.2, 0) is 10.0 Å². The quantitative estimate of drug-likeness (QED) is 0.598. The number of aryl methyl sites for hydroxylation is 1. The molecule has 0 amide bonds. The van der Waals surface area contributed by atoms with Crippen LogP contribution in [-0.4, -0.2) is 36.1 Å². The third-order valence-corrected chi connectivity index (χ3v) is 5.55. The molecule has 1 atom stereocenters. The SMILES string of the molecule is Cc1cc(C2CCCN2S(=O)(=O)CCCCCl)on1. The van der Waals surface area contributed by atoms with E-state index in [-0.39, 0.29) is 11.8 Å². The Morgan fingerprint density at radius 2 is 2.32 bits per heavy atom. The van der Waals surface area contributed by atoms with Crippen LogP contribution >= 0.6 is 11.6 Å². The molecule has 1 aliphatic heterocycles. The van der Waals surface area contributed by atoms with Crippen LogP contribution in [0.25, 0.3) is 0 Å². The minimum Gasteiger partial charge on any atom is -0.359 e. The molecule has 0 aromatic carbocycles. The van der Waals surface area contributed by atoms with E-state index in [1.54, 1.807) is 4.31 Å². The summed E-state index contributed by atoms with van der Waals surface area (Å²) >= 11 is 5.59. The molecule has 7 heteroatoms. The second-order valence-corrected chi connectivity index (χ2v) is 7.27. The van der Waals surface area contributed by atoms with Crippen LogP contribution in [0.2, 0.25) is 0 Å². The molecule has 0 spiro atoms.